The number of Topliss-reactive ketones (excluding diaryl/α,β-unsaturated/α-hetero) is 1. The molecule has 2 atom stereocenters. The van der Waals surface area contributed by atoms with Gasteiger partial charge in [0.25, 0.3) is 5.91 Å². The number of benzene rings is 2. The van der Waals surface area contributed by atoms with Crippen LogP contribution in [0.5, 0.6) is 0 Å². The number of carbonyl (C=O) groups is 3. The Morgan fingerprint density at radius 1 is 0.975 bits per heavy atom. The summed E-state index contributed by atoms with van der Waals surface area (Å²) in [5, 5.41) is 6.73. The molecule has 1 aliphatic carbocycles. The minimum Gasteiger partial charge on any atom is -0.345 e. The van der Waals surface area contributed by atoms with Crippen molar-refractivity contribution in [2.75, 3.05) is 11.5 Å². The van der Waals surface area contributed by atoms with Gasteiger partial charge in [0.2, 0.25) is 11.7 Å². The van der Waals surface area contributed by atoms with Gasteiger partial charge in [0.1, 0.15) is 23.4 Å². The molecule has 0 spiro atoms. The van der Waals surface area contributed by atoms with Gasteiger partial charge in [-0.05, 0) is 55.9 Å². The zero-order valence-electron chi connectivity index (χ0n) is 21.9. The van der Waals surface area contributed by atoms with Gasteiger partial charge in [-0.25, -0.2) is 12.8 Å². The van der Waals surface area contributed by atoms with E-state index in [4.69, 9.17) is 0 Å². The van der Waals surface area contributed by atoms with Crippen molar-refractivity contribution < 1.29 is 40.4 Å². The normalized spacial score (nSPS) is 15.7. The number of halogens is 4. The molecule has 0 aromatic heterocycles. The third-order valence-corrected chi connectivity index (χ3v) is 8.15. The zero-order valence-corrected chi connectivity index (χ0v) is 22.7. The highest BCUT2D eigenvalue weighted by atomic mass is 32.2. The quantitative estimate of drug-likeness (QED) is 0.246. The Morgan fingerprint density at radius 3 is 2.12 bits per heavy atom. The lowest BCUT2D eigenvalue weighted by Crippen LogP contribution is -2.60. The summed E-state index contributed by atoms with van der Waals surface area (Å²) >= 11 is 0. The number of hydrogen-bond donors (Lipinski definition) is 3. The van der Waals surface area contributed by atoms with Crippen molar-refractivity contribution >= 4 is 27.4 Å². The Hall–Kier alpha value is -3.32. The number of sulfone groups is 1. The molecule has 13 heteroatoms. The van der Waals surface area contributed by atoms with Crippen molar-refractivity contribution in [3.05, 3.63) is 71.5 Å². The second-order valence-corrected chi connectivity index (χ2v) is 12.5. The molecule has 0 heterocycles. The molecule has 3 N–H and O–H groups in total. The molecule has 218 valence electrons. The molecule has 8 nitrogen and oxygen atoms in total. The van der Waals surface area contributed by atoms with Crippen LogP contribution >= 0.6 is 0 Å². The van der Waals surface area contributed by atoms with E-state index in [2.05, 4.69) is 16.0 Å². The summed E-state index contributed by atoms with van der Waals surface area (Å²) in [6, 6.07) is 7.57. The summed E-state index contributed by atoms with van der Waals surface area (Å²) in [5.74, 6) is -5.53. The van der Waals surface area contributed by atoms with Crippen LogP contribution in [0.3, 0.4) is 0 Å². The molecule has 1 fully saturated rings. The second-order valence-electron chi connectivity index (χ2n) is 10.4. The number of amides is 2. The lowest BCUT2D eigenvalue weighted by Gasteiger charge is -2.30. The molecular weight excluding hydrogens is 554 g/mol. The lowest BCUT2D eigenvalue weighted by atomic mass is 9.97. The van der Waals surface area contributed by atoms with Crippen molar-refractivity contribution in [1.82, 2.24) is 16.0 Å². The maximum atomic E-state index is 14.0. The van der Waals surface area contributed by atoms with Crippen molar-refractivity contribution in [2.24, 2.45) is 5.92 Å². The predicted molar refractivity (Wildman–Crippen MR) is 139 cm³/mol. The number of ketones is 1. The largest absolute Gasteiger partial charge is 0.407 e. The summed E-state index contributed by atoms with van der Waals surface area (Å²) in [6.45, 7) is 2.39. The highest BCUT2D eigenvalue weighted by Gasteiger charge is 2.45. The Labute approximate surface area is 229 Å². The molecule has 2 amide bonds. The molecule has 0 aliphatic heterocycles. The fraction of sp³-hybridized carbons (Fsp3) is 0.444. The zero-order chi connectivity index (χ0) is 29.7. The van der Waals surface area contributed by atoms with Gasteiger partial charge in [-0.3, -0.25) is 19.7 Å². The average molecular weight is 586 g/mol. The van der Waals surface area contributed by atoms with Crippen LogP contribution in [0.1, 0.15) is 43.9 Å². The molecule has 0 unspecified atom stereocenters. The van der Waals surface area contributed by atoms with Gasteiger partial charge in [0.15, 0.2) is 9.84 Å². The molecule has 2 aromatic rings. The molecular formula is C27H31F4N3O5S. The molecule has 0 radical (unpaired) electrons. The SMILES string of the molecule is CC(C)(NC(=O)[C@H](CS(=O)(=O)CC1CC1)N[C@@H](c1ccc(F)cc1)C(F)(F)F)C(=O)C(=O)NCc1ccccc1. The third kappa shape index (κ3) is 9.12. The minimum atomic E-state index is -4.99. The van der Waals surface area contributed by atoms with E-state index >= 15 is 0 Å². The summed E-state index contributed by atoms with van der Waals surface area (Å²) in [7, 11) is -3.99. The molecule has 2 aromatic carbocycles. The number of rotatable bonds is 13. The number of alkyl halides is 3. The van der Waals surface area contributed by atoms with Crippen LogP contribution < -0.4 is 16.0 Å². The van der Waals surface area contributed by atoms with Gasteiger partial charge in [-0.2, -0.15) is 13.2 Å². The van der Waals surface area contributed by atoms with Crippen LogP contribution in [-0.4, -0.2) is 55.3 Å². The molecule has 1 aliphatic rings. The fourth-order valence-electron chi connectivity index (χ4n) is 4.00. The molecule has 40 heavy (non-hydrogen) atoms. The van der Waals surface area contributed by atoms with E-state index in [9.17, 15) is 40.4 Å². The number of hydrogen-bond acceptors (Lipinski definition) is 6. The third-order valence-electron chi connectivity index (χ3n) is 6.33. The first-order valence-corrected chi connectivity index (χ1v) is 14.4. The second kappa shape index (κ2) is 12.5. The summed E-state index contributed by atoms with van der Waals surface area (Å²) < 4.78 is 81.0. The van der Waals surface area contributed by atoms with E-state index in [1.54, 1.807) is 30.3 Å². The van der Waals surface area contributed by atoms with Gasteiger partial charge in [0, 0.05) is 6.54 Å². The van der Waals surface area contributed by atoms with Crippen LogP contribution in [-0.2, 0) is 30.8 Å². The number of nitrogens with one attached hydrogen (secondary N) is 3. The van der Waals surface area contributed by atoms with Gasteiger partial charge in [-0.15, -0.1) is 0 Å². The van der Waals surface area contributed by atoms with E-state index in [-0.39, 0.29) is 18.2 Å². The molecule has 0 bridgehead atoms. The van der Waals surface area contributed by atoms with Crippen LogP contribution in [0.25, 0.3) is 0 Å². The first kappa shape index (κ1) is 31.2. The maximum absolute atomic E-state index is 14.0. The Balaban J connectivity index is 1.80. The highest BCUT2D eigenvalue weighted by Crippen LogP contribution is 2.34. The predicted octanol–water partition coefficient (Wildman–Crippen LogP) is 2.99. The van der Waals surface area contributed by atoms with Crippen LogP contribution in [0, 0.1) is 11.7 Å². The van der Waals surface area contributed by atoms with Crippen molar-refractivity contribution in [3.63, 3.8) is 0 Å². The fourth-order valence-corrected chi connectivity index (χ4v) is 5.94. The Morgan fingerprint density at radius 2 is 1.57 bits per heavy atom. The lowest BCUT2D eigenvalue weighted by molar-refractivity contribution is -0.160. The van der Waals surface area contributed by atoms with Gasteiger partial charge in [0.05, 0.1) is 11.5 Å². The topological polar surface area (TPSA) is 121 Å². The summed E-state index contributed by atoms with van der Waals surface area (Å²) in [6.07, 6.45) is -3.67. The van der Waals surface area contributed by atoms with Gasteiger partial charge >= 0.3 is 6.18 Å². The van der Waals surface area contributed by atoms with E-state index < -0.39 is 68.4 Å². The molecule has 3 rings (SSSR count). The first-order valence-electron chi connectivity index (χ1n) is 12.5. The Kier molecular flexibility index (Phi) is 9.72. The minimum absolute atomic E-state index is 0.0178. The first-order chi connectivity index (χ1) is 18.6. The highest BCUT2D eigenvalue weighted by molar-refractivity contribution is 7.91. The van der Waals surface area contributed by atoms with E-state index in [1.165, 1.54) is 13.8 Å². The standard InChI is InChI=1S/C27H31F4N3O5S/c1-26(2,23(35)25(37)32-14-17-6-4-3-5-7-17)34-24(36)21(16-40(38,39)15-18-8-9-18)33-22(27(29,30)31)19-10-12-20(28)13-11-19/h3-7,10-13,18,21-22,33H,8-9,14-16H2,1-2H3,(H,32,37)(H,34,36)/t21-,22-/m0/s1. The van der Waals surface area contributed by atoms with Crippen LogP contribution in [0.15, 0.2) is 54.6 Å². The van der Waals surface area contributed by atoms with E-state index in [0.29, 0.717) is 18.4 Å². The molecule has 1 saturated carbocycles. The van der Waals surface area contributed by atoms with E-state index in [0.717, 1.165) is 24.3 Å². The van der Waals surface area contributed by atoms with Crippen molar-refractivity contribution in [3.8, 4) is 0 Å². The van der Waals surface area contributed by atoms with E-state index in [1.807, 2.05) is 0 Å². The average Bonchev–Trinajstić information content (AvgIpc) is 3.68. The smallest absolute Gasteiger partial charge is 0.345 e. The Bertz CT molecular complexity index is 1310. The monoisotopic (exact) mass is 585 g/mol. The van der Waals surface area contributed by atoms with Crippen LogP contribution in [0.4, 0.5) is 17.6 Å². The summed E-state index contributed by atoms with van der Waals surface area (Å²) in [5.41, 5.74) is -1.63. The van der Waals surface area contributed by atoms with Crippen LogP contribution in [0.2, 0.25) is 0 Å². The molecule has 0 saturated heterocycles. The van der Waals surface area contributed by atoms with Gasteiger partial charge < -0.3 is 10.6 Å². The van der Waals surface area contributed by atoms with Gasteiger partial charge in [-0.1, -0.05) is 42.5 Å². The van der Waals surface area contributed by atoms with Crippen molar-refractivity contribution in [1.29, 1.82) is 0 Å². The number of carbonyl (C=O) groups excluding carboxylic acids is 3. The maximum Gasteiger partial charge on any atom is 0.407 e. The van der Waals surface area contributed by atoms with Crippen molar-refractivity contribution in [2.45, 2.75) is 57.0 Å². The summed E-state index contributed by atoms with van der Waals surface area (Å²) in [4.78, 5) is 38.6.